The minimum absolute atomic E-state index is 0.00866. The van der Waals surface area contributed by atoms with Crippen molar-refractivity contribution in [3.63, 3.8) is 0 Å². The van der Waals surface area contributed by atoms with Gasteiger partial charge in [-0.15, -0.1) is 0 Å². The molecule has 0 amide bonds. The molecule has 0 aliphatic rings. The van der Waals surface area contributed by atoms with E-state index >= 15 is 0 Å². The Morgan fingerprint density at radius 2 is 1.96 bits per heavy atom. The van der Waals surface area contributed by atoms with Gasteiger partial charge in [0.25, 0.3) is 0 Å². The molecule has 2 aromatic rings. The second-order valence-electron chi connectivity index (χ2n) is 4.60. The minimum Gasteiger partial charge on any atom is -0.493 e. The average Bonchev–Trinajstić information content (AvgIpc) is 2.60. The minimum atomic E-state index is -0.432. The van der Waals surface area contributed by atoms with Crippen LogP contribution in [0, 0.1) is 10.1 Å². The zero-order chi connectivity index (χ0) is 17.5. The summed E-state index contributed by atoms with van der Waals surface area (Å²) in [5, 5.41) is 14.5. The van der Waals surface area contributed by atoms with E-state index in [1.54, 1.807) is 26.5 Å². The lowest BCUT2D eigenvalue weighted by atomic mass is 10.2. The zero-order valence-electron chi connectivity index (χ0n) is 13.4. The van der Waals surface area contributed by atoms with Crippen LogP contribution < -0.4 is 14.8 Å². The first-order valence-electron chi connectivity index (χ1n) is 6.94. The molecule has 0 saturated carbocycles. The normalized spacial score (nSPS) is 10.5. The average molecular weight is 367 g/mol. The maximum absolute atomic E-state index is 11.1. The zero-order valence-corrected chi connectivity index (χ0v) is 15.1. The van der Waals surface area contributed by atoms with Crippen LogP contribution in [0.1, 0.15) is 5.56 Å². The van der Waals surface area contributed by atoms with E-state index in [0.717, 1.165) is 10.5 Å². The van der Waals surface area contributed by atoms with Gasteiger partial charge in [-0.05, 0) is 41.6 Å². The molecule has 9 heteroatoms. The van der Waals surface area contributed by atoms with Gasteiger partial charge in [-0.1, -0.05) is 10.8 Å². The molecule has 0 bridgehead atoms. The summed E-state index contributed by atoms with van der Waals surface area (Å²) in [6.07, 6.45) is 1.54. The van der Waals surface area contributed by atoms with E-state index in [0.29, 0.717) is 23.1 Å². The maximum atomic E-state index is 11.1. The smallest absolute Gasteiger partial charge is 0.302 e. The number of methoxy groups -OCH3 is 2. The van der Waals surface area contributed by atoms with Gasteiger partial charge >= 0.3 is 5.69 Å². The SMILES string of the molecule is CNCc1cc(OC)c(OC)cc1SSc1ncccc1[N+](=O)[O-]. The number of nitrogens with zero attached hydrogens (tertiary/aromatic N) is 2. The first-order chi connectivity index (χ1) is 11.6. The van der Waals surface area contributed by atoms with Crippen LogP contribution in [0.4, 0.5) is 5.69 Å². The molecule has 0 atom stereocenters. The molecular weight excluding hydrogens is 350 g/mol. The van der Waals surface area contributed by atoms with Crippen molar-refractivity contribution in [2.45, 2.75) is 16.5 Å². The molecule has 1 aromatic heterocycles. The Balaban J connectivity index is 2.30. The van der Waals surface area contributed by atoms with Crippen molar-refractivity contribution in [2.24, 2.45) is 0 Å². The number of hydrogen-bond donors (Lipinski definition) is 1. The number of aromatic nitrogens is 1. The van der Waals surface area contributed by atoms with Crippen LogP contribution in [0.5, 0.6) is 11.5 Å². The molecule has 128 valence electrons. The molecule has 0 aliphatic heterocycles. The molecule has 0 fully saturated rings. The highest BCUT2D eigenvalue weighted by atomic mass is 33.1. The van der Waals surface area contributed by atoms with Crippen molar-refractivity contribution >= 4 is 27.3 Å². The largest absolute Gasteiger partial charge is 0.493 e. The van der Waals surface area contributed by atoms with E-state index in [4.69, 9.17) is 9.47 Å². The van der Waals surface area contributed by atoms with Crippen molar-refractivity contribution in [1.82, 2.24) is 10.3 Å². The quantitative estimate of drug-likeness (QED) is 0.431. The molecule has 0 radical (unpaired) electrons. The van der Waals surface area contributed by atoms with Crippen molar-refractivity contribution < 1.29 is 14.4 Å². The van der Waals surface area contributed by atoms with E-state index in [-0.39, 0.29) is 5.69 Å². The topological polar surface area (TPSA) is 86.5 Å². The van der Waals surface area contributed by atoms with Crippen LogP contribution in [0.2, 0.25) is 0 Å². The summed E-state index contributed by atoms with van der Waals surface area (Å²) in [7, 11) is 7.64. The molecule has 7 nitrogen and oxygen atoms in total. The highest BCUT2D eigenvalue weighted by Gasteiger charge is 2.17. The molecule has 24 heavy (non-hydrogen) atoms. The molecule has 0 saturated heterocycles. The Bertz CT molecular complexity index is 728. The lowest BCUT2D eigenvalue weighted by Crippen LogP contribution is -2.06. The Hall–Kier alpha value is -1.97. The highest BCUT2D eigenvalue weighted by Crippen LogP contribution is 2.44. The first kappa shape index (κ1) is 18.4. The monoisotopic (exact) mass is 367 g/mol. The molecule has 0 unspecified atom stereocenters. The summed E-state index contributed by atoms with van der Waals surface area (Å²) in [5.74, 6) is 1.25. The van der Waals surface area contributed by atoms with Crippen molar-refractivity contribution in [3.8, 4) is 11.5 Å². The van der Waals surface area contributed by atoms with Crippen LogP contribution in [-0.2, 0) is 6.54 Å². The molecule has 1 heterocycles. The third-order valence-electron chi connectivity index (χ3n) is 3.09. The Morgan fingerprint density at radius 1 is 1.25 bits per heavy atom. The summed E-state index contributed by atoms with van der Waals surface area (Å²) >= 11 is 0. The fraction of sp³-hybridized carbons (Fsp3) is 0.267. The van der Waals surface area contributed by atoms with Crippen molar-refractivity contribution in [3.05, 3.63) is 46.1 Å². The van der Waals surface area contributed by atoms with Gasteiger partial charge in [0.15, 0.2) is 16.5 Å². The van der Waals surface area contributed by atoms with Crippen LogP contribution in [-0.4, -0.2) is 31.2 Å². The molecular formula is C15H17N3O4S2. The first-order valence-corrected chi connectivity index (χ1v) is 9.09. The maximum Gasteiger partial charge on any atom is 0.302 e. The fourth-order valence-corrected chi connectivity index (χ4v) is 4.23. The third kappa shape index (κ3) is 4.31. The second kappa shape index (κ2) is 8.76. The number of nitro groups is 1. The third-order valence-corrected chi connectivity index (χ3v) is 5.47. The molecule has 1 N–H and O–H groups in total. The summed E-state index contributed by atoms with van der Waals surface area (Å²) in [4.78, 5) is 15.7. The lowest BCUT2D eigenvalue weighted by molar-refractivity contribution is -0.388. The second-order valence-corrected chi connectivity index (χ2v) is 6.76. The number of rotatable bonds is 8. The molecule has 0 spiro atoms. The summed E-state index contributed by atoms with van der Waals surface area (Å²) < 4.78 is 10.7. The van der Waals surface area contributed by atoms with Crippen LogP contribution >= 0.6 is 21.6 Å². The number of nitrogens with one attached hydrogen (secondary N) is 1. The van der Waals surface area contributed by atoms with Gasteiger partial charge in [0.05, 0.1) is 19.1 Å². The van der Waals surface area contributed by atoms with Gasteiger partial charge in [0, 0.05) is 23.7 Å². The van der Waals surface area contributed by atoms with E-state index in [2.05, 4.69) is 10.3 Å². The summed E-state index contributed by atoms with van der Waals surface area (Å²) in [6, 6.07) is 6.75. The van der Waals surface area contributed by atoms with Crippen molar-refractivity contribution in [2.75, 3.05) is 21.3 Å². The van der Waals surface area contributed by atoms with Gasteiger partial charge in [-0.25, -0.2) is 4.98 Å². The molecule has 0 aliphatic carbocycles. The molecule has 2 rings (SSSR count). The number of hydrogen-bond acceptors (Lipinski definition) is 8. The Kier molecular flexibility index (Phi) is 6.71. The Labute approximate surface area is 147 Å². The van der Waals surface area contributed by atoms with E-state index in [1.165, 1.54) is 27.7 Å². The number of pyridine rings is 1. The number of ether oxygens (including phenoxy) is 2. The lowest BCUT2D eigenvalue weighted by Gasteiger charge is -2.14. The van der Waals surface area contributed by atoms with Crippen LogP contribution in [0.15, 0.2) is 40.4 Å². The predicted molar refractivity (Wildman–Crippen MR) is 94.9 cm³/mol. The van der Waals surface area contributed by atoms with Gasteiger partial charge in [0.1, 0.15) is 0 Å². The van der Waals surface area contributed by atoms with Gasteiger partial charge in [-0.2, -0.15) is 0 Å². The predicted octanol–water partition coefficient (Wildman–Crippen LogP) is 3.53. The van der Waals surface area contributed by atoms with E-state index < -0.39 is 4.92 Å². The van der Waals surface area contributed by atoms with Crippen LogP contribution in [0.25, 0.3) is 0 Å². The van der Waals surface area contributed by atoms with Gasteiger partial charge < -0.3 is 14.8 Å². The van der Waals surface area contributed by atoms with Gasteiger partial charge in [0.2, 0.25) is 0 Å². The highest BCUT2D eigenvalue weighted by molar-refractivity contribution is 8.76. The number of benzene rings is 1. The van der Waals surface area contributed by atoms with E-state index in [9.17, 15) is 10.1 Å². The summed E-state index contributed by atoms with van der Waals surface area (Å²) in [6.45, 7) is 0.632. The molecule has 1 aromatic carbocycles. The van der Waals surface area contributed by atoms with Gasteiger partial charge in [-0.3, -0.25) is 10.1 Å². The fourth-order valence-electron chi connectivity index (χ4n) is 1.98. The Morgan fingerprint density at radius 3 is 2.58 bits per heavy atom. The standard InChI is InChI=1S/C15H17N3O4S2/c1-16-9-10-7-12(21-2)13(22-3)8-14(10)23-24-15-11(18(19)20)5-4-6-17-15/h4-8,16H,9H2,1-3H3. The van der Waals surface area contributed by atoms with Crippen LogP contribution in [0.3, 0.4) is 0 Å². The van der Waals surface area contributed by atoms with Crippen molar-refractivity contribution in [1.29, 1.82) is 0 Å². The van der Waals surface area contributed by atoms with E-state index in [1.807, 2.05) is 19.2 Å². The summed E-state index contributed by atoms with van der Waals surface area (Å²) in [5.41, 5.74) is 0.997.